The van der Waals surface area contributed by atoms with Gasteiger partial charge in [0.25, 0.3) is 0 Å². The summed E-state index contributed by atoms with van der Waals surface area (Å²) in [6.45, 7) is 3.62. The van der Waals surface area contributed by atoms with E-state index in [0.29, 0.717) is 36.7 Å². The number of aliphatic hydroxyl groups excluding tert-OH is 1. The molecular formula is C12H19ClN2O3. The molecule has 1 heterocycles. The summed E-state index contributed by atoms with van der Waals surface area (Å²) in [7, 11) is 0. The van der Waals surface area contributed by atoms with Crippen LogP contribution in [0, 0.1) is 0 Å². The molecule has 1 aromatic heterocycles. The molecule has 0 unspecified atom stereocenters. The van der Waals surface area contributed by atoms with Gasteiger partial charge in [-0.05, 0) is 26.2 Å². The van der Waals surface area contributed by atoms with Crippen molar-refractivity contribution < 1.29 is 14.6 Å². The molecule has 18 heavy (non-hydrogen) atoms. The summed E-state index contributed by atoms with van der Waals surface area (Å²) >= 11 is 5.87. The Kier molecular flexibility index (Phi) is 7.64. The topological polar surface area (TPSA) is 64.5 Å². The molecule has 0 fully saturated rings. The average molecular weight is 275 g/mol. The lowest BCUT2D eigenvalue weighted by molar-refractivity contribution is 0.127. The normalized spacial score (nSPS) is 10.6. The van der Waals surface area contributed by atoms with E-state index in [0.717, 1.165) is 19.3 Å². The zero-order chi connectivity index (χ0) is 13.2. The van der Waals surface area contributed by atoms with Gasteiger partial charge in [0, 0.05) is 19.3 Å². The van der Waals surface area contributed by atoms with E-state index in [1.807, 2.05) is 6.92 Å². The van der Waals surface area contributed by atoms with Crippen LogP contribution in [0.1, 0.15) is 32.0 Å². The van der Waals surface area contributed by atoms with Gasteiger partial charge < -0.3 is 14.6 Å². The van der Waals surface area contributed by atoms with Gasteiger partial charge in [-0.25, -0.2) is 4.98 Å². The van der Waals surface area contributed by atoms with Gasteiger partial charge in [0.15, 0.2) is 5.82 Å². The second-order valence-corrected chi connectivity index (χ2v) is 4.10. The maximum absolute atomic E-state index is 8.65. The molecule has 1 rings (SSSR count). The van der Waals surface area contributed by atoms with Gasteiger partial charge in [-0.2, -0.15) is 4.98 Å². The van der Waals surface area contributed by atoms with Crippen molar-refractivity contribution in [2.24, 2.45) is 0 Å². The summed E-state index contributed by atoms with van der Waals surface area (Å²) in [5.41, 5.74) is 0. The Labute approximate surface area is 112 Å². The smallest absolute Gasteiger partial charge is 0.218 e. The first-order valence-corrected chi connectivity index (χ1v) is 6.49. The third-order valence-electron chi connectivity index (χ3n) is 2.21. The SMILES string of the molecule is CCOCc1nc(Cl)cc(OCCCCCO)n1. The monoisotopic (exact) mass is 274 g/mol. The number of halogens is 1. The van der Waals surface area contributed by atoms with Gasteiger partial charge in [-0.3, -0.25) is 0 Å². The highest BCUT2D eigenvalue weighted by Crippen LogP contribution is 2.14. The lowest BCUT2D eigenvalue weighted by atomic mass is 10.2. The molecule has 0 saturated heterocycles. The van der Waals surface area contributed by atoms with Crippen molar-refractivity contribution in [3.05, 3.63) is 17.0 Å². The molecule has 0 aliphatic carbocycles. The molecule has 0 amide bonds. The van der Waals surface area contributed by atoms with E-state index in [9.17, 15) is 0 Å². The Hall–Kier alpha value is -0.910. The molecule has 1 aromatic rings. The van der Waals surface area contributed by atoms with E-state index in [4.69, 9.17) is 26.2 Å². The number of hydrogen-bond donors (Lipinski definition) is 1. The molecule has 0 aromatic carbocycles. The first kappa shape index (κ1) is 15.1. The van der Waals surface area contributed by atoms with Crippen molar-refractivity contribution in [2.75, 3.05) is 19.8 Å². The van der Waals surface area contributed by atoms with Crippen molar-refractivity contribution in [2.45, 2.75) is 32.8 Å². The Morgan fingerprint density at radius 2 is 2.11 bits per heavy atom. The molecular weight excluding hydrogens is 256 g/mol. The summed E-state index contributed by atoms with van der Waals surface area (Å²) in [6.07, 6.45) is 2.60. The van der Waals surface area contributed by atoms with Crippen LogP contribution in [0.25, 0.3) is 0 Å². The van der Waals surface area contributed by atoms with Crippen molar-refractivity contribution in [1.29, 1.82) is 0 Å². The first-order valence-electron chi connectivity index (χ1n) is 6.11. The van der Waals surface area contributed by atoms with Crippen LogP contribution in [0.4, 0.5) is 0 Å². The molecule has 0 bridgehead atoms. The van der Waals surface area contributed by atoms with Crippen molar-refractivity contribution >= 4 is 11.6 Å². The Bertz CT molecular complexity index is 350. The molecule has 0 radical (unpaired) electrons. The number of unbranched alkanes of at least 4 members (excludes halogenated alkanes) is 2. The fourth-order valence-corrected chi connectivity index (χ4v) is 1.53. The Balaban J connectivity index is 2.41. The fourth-order valence-electron chi connectivity index (χ4n) is 1.34. The second-order valence-electron chi connectivity index (χ2n) is 3.71. The highest BCUT2D eigenvalue weighted by Gasteiger charge is 2.04. The Morgan fingerprint density at radius 3 is 2.83 bits per heavy atom. The van der Waals surface area contributed by atoms with Crippen LogP contribution in [0.3, 0.4) is 0 Å². The minimum absolute atomic E-state index is 0.220. The minimum Gasteiger partial charge on any atom is -0.478 e. The summed E-state index contributed by atoms with van der Waals surface area (Å²) in [4.78, 5) is 8.24. The molecule has 102 valence electrons. The first-order chi connectivity index (χ1) is 8.76. The van der Waals surface area contributed by atoms with E-state index in [1.165, 1.54) is 0 Å². The van der Waals surface area contributed by atoms with E-state index in [2.05, 4.69) is 9.97 Å². The zero-order valence-corrected chi connectivity index (χ0v) is 11.3. The molecule has 0 spiro atoms. The molecule has 6 heteroatoms. The number of ether oxygens (including phenoxy) is 2. The summed E-state index contributed by atoms with van der Waals surface area (Å²) < 4.78 is 10.7. The molecule has 0 aliphatic heterocycles. The second kappa shape index (κ2) is 9.08. The number of hydrogen-bond acceptors (Lipinski definition) is 5. The molecule has 0 atom stereocenters. The van der Waals surface area contributed by atoms with Crippen LogP contribution < -0.4 is 4.74 Å². The third-order valence-corrected chi connectivity index (χ3v) is 2.40. The van der Waals surface area contributed by atoms with E-state index in [1.54, 1.807) is 6.07 Å². The number of aromatic nitrogens is 2. The summed E-state index contributed by atoms with van der Waals surface area (Å²) in [5.74, 6) is 0.989. The van der Waals surface area contributed by atoms with Gasteiger partial charge in [0.2, 0.25) is 5.88 Å². The zero-order valence-electron chi connectivity index (χ0n) is 10.6. The van der Waals surface area contributed by atoms with Gasteiger partial charge in [-0.1, -0.05) is 11.6 Å². The van der Waals surface area contributed by atoms with Crippen LogP contribution >= 0.6 is 11.6 Å². The molecule has 5 nitrogen and oxygen atoms in total. The quantitative estimate of drug-likeness (QED) is 0.552. The largest absolute Gasteiger partial charge is 0.478 e. The van der Waals surface area contributed by atoms with Gasteiger partial charge >= 0.3 is 0 Å². The van der Waals surface area contributed by atoms with Crippen LogP contribution in [-0.4, -0.2) is 34.9 Å². The van der Waals surface area contributed by atoms with E-state index in [-0.39, 0.29) is 6.61 Å². The Morgan fingerprint density at radius 1 is 1.28 bits per heavy atom. The maximum Gasteiger partial charge on any atom is 0.218 e. The average Bonchev–Trinajstić information content (AvgIpc) is 2.35. The summed E-state index contributed by atoms with van der Waals surface area (Å²) in [5, 5.41) is 9.00. The lowest BCUT2D eigenvalue weighted by Gasteiger charge is -2.07. The summed E-state index contributed by atoms with van der Waals surface area (Å²) in [6, 6.07) is 1.59. The van der Waals surface area contributed by atoms with Crippen LogP contribution in [-0.2, 0) is 11.3 Å². The minimum atomic E-state index is 0.220. The van der Waals surface area contributed by atoms with Gasteiger partial charge in [-0.15, -0.1) is 0 Å². The van der Waals surface area contributed by atoms with E-state index >= 15 is 0 Å². The number of rotatable bonds is 9. The highest BCUT2D eigenvalue weighted by molar-refractivity contribution is 6.29. The van der Waals surface area contributed by atoms with Crippen LogP contribution in [0.15, 0.2) is 6.07 Å². The standard InChI is InChI=1S/C12H19ClN2O3/c1-2-17-9-11-14-10(13)8-12(15-11)18-7-5-3-4-6-16/h8,16H,2-7,9H2,1H3. The van der Waals surface area contributed by atoms with Gasteiger partial charge in [0.1, 0.15) is 11.8 Å². The molecule has 0 saturated carbocycles. The number of nitrogens with zero attached hydrogens (tertiary/aromatic N) is 2. The van der Waals surface area contributed by atoms with Crippen molar-refractivity contribution in [1.82, 2.24) is 9.97 Å². The van der Waals surface area contributed by atoms with Crippen molar-refractivity contribution in [3.8, 4) is 5.88 Å². The third kappa shape index (κ3) is 6.14. The lowest BCUT2D eigenvalue weighted by Crippen LogP contribution is -2.04. The maximum atomic E-state index is 8.65. The molecule has 1 N–H and O–H groups in total. The highest BCUT2D eigenvalue weighted by atomic mass is 35.5. The predicted octanol–water partition coefficient (Wildman–Crippen LogP) is 2.21. The van der Waals surface area contributed by atoms with Gasteiger partial charge in [0.05, 0.1) is 6.61 Å². The fraction of sp³-hybridized carbons (Fsp3) is 0.667. The van der Waals surface area contributed by atoms with Crippen LogP contribution in [0.2, 0.25) is 5.15 Å². The van der Waals surface area contributed by atoms with E-state index < -0.39 is 0 Å². The predicted molar refractivity (Wildman–Crippen MR) is 68.8 cm³/mol. The number of aliphatic hydroxyl groups is 1. The molecule has 0 aliphatic rings. The van der Waals surface area contributed by atoms with Crippen molar-refractivity contribution in [3.63, 3.8) is 0 Å². The van der Waals surface area contributed by atoms with Crippen LogP contribution in [0.5, 0.6) is 5.88 Å².